The largest absolute Gasteiger partial charge is 0.464 e. The number of methoxy groups -OCH3 is 1. The fourth-order valence-electron chi connectivity index (χ4n) is 2.03. The van der Waals surface area contributed by atoms with Crippen molar-refractivity contribution in [2.75, 3.05) is 7.11 Å². The lowest BCUT2D eigenvalue weighted by atomic mass is 10.1. The van der Waals surface area contributed by atoms with Crippen LogP contribution < -0.4 is 0 Å². The van der Waals surface area contributed by atoms with E-state index in [2.05, 4.69) is 9.72 Å². The lowest BCUT2D eigenvalue weighted by Gasteiger charge is -2.25. The number of aromatic nitrogens is 1. The molecule has 0 aliphatic rings. The molecule has 0 spiro atoms. The van der Waals surface area contributed by atoms with Crippen LogP contribution in [0.3, 0.4) is 0 Å². The number of carbonyl (C=O) groups excluding carboxylic acids is 2. The summed E-state index contributed by atoms with van der Waals surface area (Å²) in [6.45, 7) is 3.80. The molecule has 24 heavy (non-hydrogen) atoms. The van der Waals surface area contributed by atoms with Crippen LogP contribution in [0.4, 0.5) is 0 Å². The number of nitrogens with zero attached hydrogens (tertiary/aromatic N) is 2. The summed E-state index contributed by atoms with van der Waals surface area (Å²) in [6.07, 6.45) is 1.19. The van der Waals surface area contributed by atoms with Gasteiger partial charge in [-0.05, 0) is 32.0 Å². The first kappa shape index (κ1) is 18.3. The zero-order valence-corrected chi connectivity index (χ0v) is 14.9. The summed E-state index contributed by atoms with van der Waals surface area (Å²) < 4.78 is 9.82. The number of halogens is 2. The molecule has 0 aliphatic carbocycles. The molecule has 0 aliphatic heterocycles. The first-order chi connectivity index (χ1) is 11.3. The number of amides is 1. The Hall–Kier alpha value is -2.05. The van der Waals surface area contributed by atoms with E-state index >= 15 is 0 Å². The number of hydrogen-bond donors (Lipinski definition) is 0. The van der Waals surface area contributed by atoms with E-state index in [-0.39, 0.29) is 35.1 Å². The predicted molar refractivity (Wildman–Crippen MR) is 89.3 cm³/mol. The molecule has 0 radical (unpaired) electrons. The van der Waals surface area contributed by atoms with Gasteiger partial charge in [-0.25, -0.2) is 9.78 Å². The van der Waals surface area contributed by atoms with Gasteiger partial charge in [0.2, 0.25) is 5.89 Å². The van der Waals surface area contributed by atoms with Gasteiger partial charge in [-0.3, -0.25) is 4.79 Å². The van der Waals surface area contributed by atoms with Gasteiger partial charge in [0, 0.05) is 11.1 Å². The highest BCUT2D eigenvalue weighted by molar-refractivity contribution is 6.36. The summed E-state index contributed by atoms with van der Waals surface area (Å²) in [7, 11) is 1.25. The van der Waals surface area contributed by atoms with Crippen LogP contribution in [-0.4, -0.2) is 34.9 Å². The molecule has 1 aromatic heterocycles. The molecule has 0 unspecified atom stereocenters. The zero-order chi connectivity index (χ0) is 17.9. The molecule has 0 saturated heterocycles. The first-order valence-corrected chi connectivity index (χ1v) is 7.87. The SMILES string of the molecule is COC(=O)c1coc(CN(C(=O)c2ccc(Cl)cc2Cl)C(C)C)n1. The minimum absolute atomic E-state index is 0.0492. The summed E-state index contributed by atoms with van der Waals surface area (Å²) in [5.41, 5.74) is 0.377. The zero-order valence-electron chi connectivity index (χ0n) is 13.4. The Balaban J connectivity index is 2.24. The standard InChI is InChI=1S/C16H16Cl2N2O4/c1-9(2)20(7-14-19-13(8-24-14)16(22)23-3)15(21)11-5-4-10(17)6-12(11)18/h4-6,8-9H,7H2,1-3H3. The molecule has 8 heteroatoms. The molecule has 6 nitrogen and oxygen atoms in total. The van der Waals surface area contributed by atoms with Crippen LogP contribution in [0.1, 0.15) is 40.6 Å². The Labute approximate surface area is 149 Å². The van der Waals surface area contributed by atoms with Gasteiger partial charge in [-0.2, -0.15) is 0 Å². The summed E-state index contributed by atoms with van der Waals surface area (Å²) in [4.78, 5) is 29.7. The molecule has 2 aromatic rings. The fourth-order valence-corrected chi connectivity index (χ4v) is 2.52. The maximum atomic E-state index is 12.8. The second-order valence-corrected chi connectivity index (χ2v) is 6.11. The predicted octanol–water partition coefficient (Wildman–Crippen LogP) is 3.82. The maximum Gasteiger partial charge on any atom is 0.360 e. The molecule has 1 heterocycles. The Bertz CT molecular complexity index is 758. The highest BCUT2D eigenvalue weighted by atomic mass is 35.5. The third-order valence-corrected chi connectivity index (χ3v) is 3.85. The van der Waals surface area contributed by atoms with Crippen molar-refractivity contribution in [1.82, 2.24) is 9.88 Å². The molecule has 0 fully saturated rings. The molecule has 0 atom stereocenters. The Kier molecular flexibility index (Phi) is 5.85. The van der Waals surface area contributed by atoms with E-state index in [4.69, 9.17) is 27.6 Å². The van der Waals surface area contributed by atoms with Gasteiger partial charge in [0.1, 0.15) is 6.26 Å². The lowest BCUT2D eigenvalue weighted by molar-refractivity contribution is 0.0593. The summed E-state index contributed by atoms with van der Waals surface area (Å²) in [5.74, 6) is -0.666. The molecule has 128 valence electrons. The third-order valence-electron chi connectivity index (χ3n) is 3.30. The van der Waals surface area contributed by atoms with Gasteiger partial charge < -0.3 is 14.1 Å². The number of benzene rings is 1. The van der Waals surface area contributed by atoms with E-state index in [0.717, 1.165) is 0 Å². The number of rotatable bonds is 5. The maximum absolute atomic E-state index is 12.8. The van der Waals surface area contributed by atoms with Gasteiger partial charge in [0.25, 0.3) is 5.91 Å². The number of oxazole rings is 1. The highest BCUT2D eigenvalue weighted by Gasteiger charge is 2.24. The van der Waals surface area contributed by atoms with E-state index in [1.54, 1.807) is 12.1 Å². The second kappa shape index (κ2) is 7.68. The van der Waals surface area contributed by atoms with Gasteiger partial charge in [-0.15, -0.1) is 0 Å². The molecule has 0 N–H and O–H groups in total. The molecular weight excluding hydrogens is 355 g/mol. The van der Waals surface area contributed by atoms with Gasteiger partial charge in [-0.1, -0.05) is 23.2 Å². The quantitative estimate of drug-likeness (QED) is 0.748. The molecule has 0 bridgehead atoms. The van der Waals surface area contributed by atoms with Crippen LogP contribution in [0.15, 0.2) is 28.9 Å². The van der Waals surface area contributed by atoms with Crippen LogP contribution in [0.25, 0.3) is 0 Å². The molecule has 0 saturated carbocycles. The van der Waals surface area contributed by atoms with Crippen LogP contribution in [0.5, 0.6) is 0 Å². The van der Waals surface area contributed by atoms with Crippen molar-refractivity contribution >= 4 is 35.1 Å². The van der Waals surface area contributed by atoms with E-state index in [1.807, 2.05) is 13.8 Å². The molecule has 2 rings (SSSR count). The first-order valence-electron chi connectivity index (χ1n) is 7.12. The lowest BCUT2D eigenvalue weighted by Crippen LogP contribution is -2.36. The molecule has 1 aromatic carbocycles. The minimum atomic E-state index is -0.604. The van der Waals surface area contributed by atoms with E-state index in [9.17, 15) is 9.59 Å². The van der Waals surface area contributed by atoms with Gasteiger partial charge >= 0.3 is 5.97 Å². The number of carbonyl (C=O) groups is 2. The number of ether oxygens (including phenoxy) is 1. The van der Waals surface area contributed by atoms with E-state index in [1.165, 1.54) is 24.3 Å². The Morgan fingerprint density at radius 2 is 2.04 bits per heavy atom. The van der Waals surface area contributed by atoms with Crippen LogP contribution in [0, 0.1) is 0 Å². The van der Waals surface area contributed by atoms with Crippen molar-refractivity contribution in [2.45, 2.75) is 26.4 Å². The average molecular weight is 371 g/mol. The van der Waals surface area contributed by atoms with Crippen LogP contribution in [0.2, 0.25) is 10.0 Å². The third kappa shape index (κ3) is 4.07. The highest BCUT2D eigenvalue weighted by Crippen LogP contribution is 2.24. The minimum Gasteiger partial charge on any atom is -0.464 e. The summed E-state index contributed by atoms with van der Waals surface area (Å²) in [6, 6.07) is 4.53. The van der Waals surface area contributed by atoms with Crippen molar-refractivity contribution in [1.29, 1.82) is 0 Å². The van der Waals surface area contributed by atoms with Crippen LogP contribution in [-0.2, 0) is 11.3 Å². The molecular formula is C16H16Cl2N2O4. The topological polar surface area (TPSA) is 72.6 Å². The molecule has 1 amide bonds. The Morgan fingerprint density at radius 3 is 2.62 bits per heavy atom. The summed E-state index contributed by atoms with van der Waals surface area (Å²) in [5, 5.41) is 0.712. The van der Waals surface area contributed by atoms with E-state index in [0.29, 0.717) is 10.6 Å². The number of hydrogen-bond acceptors (Lipinski definition) is 5. The van der Waals surface area contributed by atoms with Gasteiger partial charge in [0.05, 0.1) is 24.2 Å². The number of esters is 1. The van der Waals surface area contributed by atoms with Crippen LogP contribution >= 0.6 is 23.2 Å². The van der Waals surface area contributed by atoms with Crippen molar-refractivity contribution in [3.63, 3.8) is 0 Å². The van der Waals surface area contributed by atoms with Crippen molar-refractivity contribution in [2.24, 2.45) is 0 Å². The van der Waals surface area contributed by atoms with Crippen molar-refractivity contribution in [3.8, 4) is 0 Å². The fraction of sp³-hybridized carbons (Fsp3) is 0.312. The van der Waals surface area contributed by atoms with Crippen molar-refractivity contribution < 1.29 is 18.7 Å². The smallest absolute Gasteiger partial charge is 0.360 e. The second-order valence-electron chi connectivity index (χ2n) is 5.27. The summed E-state index contributed by atoms with van der Waals surface area (Å²) >= 11 is 12.0. The monoisotopic (exact) mass is 370 g/mol. The van der Waals surface area contributed by atoms with Crippen molar-refractivity contribution in [3.05, 3.63) is 51.7 Å². The van der Waals surface area contributed by atoms with E-state index < -0.39 is 5.97 Å². The normalized spacial score (nSPS) is 10.8. The average Bonchev–Trinajstić information content (AvgIpc) is 2.99. The Morgan fingerprint density at radius 1 is 1.33 bits per heavy atom. The van der Waals surface area contributed by atoms with Gasteiger partial charge in [0.15, 0.2) is 5.69 Å².